The Morgan fingerprint density at radius 3 is 2.14 bits per heavy atom. The molecule has 1 spiro atoms. The average molecular weight is 411 g/mol. The van der Waals surface area contributed by atoms with E-state index in [-0.39, 0.29) is 11.5 Å². The summed E-state index contributed by atoms with van der Waals surface area (Å²) in [4.78, 5) is 14.9. The van der Waals surface area contributed by atoms with Crippen LogP contribution in [0.15, 0.2) is 24.3 Å². The summed E-state index contributed by atoms with van der Waals surface area (Å²) < 4.78 is 38.0. The molecule has 4 rings (SSSR count). The molecule has 1 heterocycles. The van der Waals surface area contributed by atoms with E-state index in [9.17, 15) is 28.2 Å². The lowest BCUT2D eigenvalue weighted by Crippen LogP contribution is -2.46. The van der Waals surface area contributed by atoms with Crippen molar-refractivity contribution >= 4 is 11.6 Å². The number of anilines is 1. The van der Waals surface area contributed by atoms with Crippen molar-refractivity contribution in [2.24, 2.45) is 11.3 Å². The number of hydrogen-bond donors (Lipinski definition) is 2. The van der Waals surface area contributed by atoms with Crippen molar-refractivity contribution in [1.82, 2.24) is 0 Å². The van der Waals surface area contributed by atoms with Crippen LogP contribution in [0.25, 0.3) is 0 Å². The Balaban J connectivity index is 1.44. The molecular weight excluding hydrogens is 383 g/mol. The largest absolute Gasteiger partial charge is 0.418 e. The smallest absolute Gasteiger partial charge is 0.390 e. The second-order valence-corrected chi connectivity index (χ2v) is 9.11. The Bertz CT molecular complexity index is 748. The van der Waals surface area contributed by atoms with Crippen molar-refractivity contribution in [2.75, 3.05) is 11.4 Å². The molecule has 29 heavy (non-hydrogen) atoms. The maximum Gasteiger partial charge on any atom is 0.418 e. The molecule has 3 aliphatic rings. The molecule has 7 heteroatoms. The Labute approximate surface area is 168 Å². The van der Waals surface area contributed by atoms with E-state index in [0.717, 1.165) is 12.8 Å². The van der Waals surface area contributed by atoms with Gasteiger partial charge in [0.05, 0.1) is 11.0 Å². The molecule has 2 N–H and O–H groups in total. The fourth-order valence-corrected chi connectivity index (χ4v) is 5.59. The Morgan fingerprint density at radius 1 is 1.00 bits per heavy atom. The molecule has 0 bridgehead atoms. The van der Waals surface area contributed by atoms with Crippen molar-refractivity contribution in [1.29, 1.82) is 0 Å². The summed E-state index contributed by atoms with van der Waals surface area (Å²) in [7, 11) is 0. The highest BCUT2D eigenvalue weighted by atomic mass is 19.4. The van der Waals surface area contributed by atoms with Crippen LogP contribution in [0.2, 0.25) is 0 Å². The van der Waals surface area contributed by atoms with Crippen molar-refractivity contribution in [2.45, 2.75) is 75.7 Å². The number of aliphatic hydroxyl groups is 2. The van der Waals surface area contributed by atoms with Gasteiger partial charge >= 0.3 is 6.18 Å². The fraction of sp³-hybridized carbons (Fsp3) is 0.682. The van der Waals surface area contributed by atoms with Crippen LogP contribution in [0.1, 0.15) is 69.5 Å². The van der Waals surface area contributed by atoms with Crippen molar-refractivity contribution in [3.63, 3.8) is 0 Å². The number of halogens is 3. The minimum absolute atomic E-state index is 0.00934. The zero-order valence-corrected chi connectivity index (χ0v) is 16.4. The number of benzene rings is 1. The Hall–Kier alpha value is -1.60. The molecule has 1 saturated heterocycles. The summed E-state index contributed by atoms with van der Waals surface area (Å²) in [5.41, 5.74) is -0.789. The average Bonchev–Trinajstić information content (AvgIpc) is 3.34. The fourth-order valence-electron chi connectivity index (χ4n) is 5.59. The van der Waals surface area contributed by atoms with Gasteiger partial charge in [-0.2, -0.15) is 13.2 Å². The number of nitrogens with zero attached hydrogens (tertiary/aromatic N) is 1. The first-order valence-electron chi connectivity index (χ1n) is 10.5. The Kier molecular flexibility index (Phi) is 5.18. The lowest BCUT2D eigenvalue weighted by Gasteiger charge is -2.44. The highest BCUT2D eigenvalue weighted by Gasteiger charge is 2.53. The van der Waals surface area contributed by atoms with Crippen LogP contribution in [-0.2, 0) is 4.79 Å². The normalized spacial score (nSPS) is 32.3. The summed E-state index contributed by atoms with van der Waals surface area (Å²) in [6, 6.07) is 5.40. The highest BCUT2D eigenvalue weighted by Crippen LogP contribution is 2.52. The summed E-state index contributed by atoms with van der Waals surface area (Å²) in [5, 5.41) is 20.5. The van der Waals surface area contributed by atoms with Crippen LogP contribution >= 0.6 is 0 Å². The lowest BCUT2D eigenvalue weighted by atomic mass is 9.64. The summed E-state index contributed by atoms with van der Waals surface area (Å²) in [5.74, 6) is 0.357. The molecule has 160 valence electrons. The van der Waals surface area contributed by atoms with Gasteiger partial charge in [-0.15, -0.1) is 0 Å². The summed E-state index contributed by atoms with van der Waals surface area (Å²) >= 11 is 0. The van der Waals surface area contributed by atoms with E-state index < -0.39 is 23.3 Å². The number of rotatable bonds is 3. The van der Waals surface area contributed by atoms with E-state index in [1.165, 1.54) is 37.1 Å². The van der Waals surface area contributed by atoms with E-state index in [4.69, 9.17) is 0 Å². The number of amides is 1. The van der Waals surface area contributed by atoms with Gasteiger partial charge in [-0.25, -0.2) is 0 Å². The van der Waals surface area contributed by atoms with Crippen LogP contribution in [0.4, 0.5) is 18.9 Å². The third kappa shape index (κ3) is 3.67. The molecule has 0 unspecified atom stereocenters. The third-order valence-electron chi connectivity index (χ3n) is 7.53. The van der Waals surface area contributed by atoms with E-state index >= 15 is 0 Å². The molecule has 4 nitrogen and oxygen atoms in total. The molecule has 1 aromatic rings. The standard InChI is InChI=1S/C22H28F3NO3/c23-22(24,25)18(27)15-5-7-17(8-6-15)26-14-13-20(19(26)28)9-11-21(29,12-10-20)16-3-1-2-4-16/h5-8,16,18,27,29H,1-4,9-14H2/t18-,20?,21?/m1/s1. The maximum atomic E-state index is 13.2. The van der Waals surface area contributed by atoms with Crippen molar-refractivity contribution in [3.8, 4) is 0 Å². The van der Waals surface area contributed by atoms with Crippen LogP contribution in [0.3, 0.4) is 0 Å². The van der Waals surface area contributed by atoms with E-state index in [1.807, 2.05) is 0 Å². The van der Waals surface area contributed by atoms with Gasteiger partial charge in [0.15, 0.2) is 6.10 Å². The zero-order chi connectivity index (χ0) is 20.9. The maximum absolute atomic E-state index is 13.2. The molecule has 1 atom stereocenters. The monoisotopic (exact) mass is 411 g/mol. The number of aliphatic hydroxyl groups excluding tert-OH is 1. The van der Waals surface area contributed by atoms with Gasteiger partial charge in [-0.3, -0.25) is 4.79 Å². The topological polar surface area (TPSA) is 60.8 Å². The second-order valence-electron chi connectivity index (χ2n) is 9.11. The summed E-state index contributed by atoms with van der Waals surface area (Å²) in [6.45, 7) is 0.530. The lowest BCUT2D eigenvalue weighted by molar-refractivity contribution is -0.206. The molecule has 3 fully saturated rings. The van der Waals surface area contributed by atoms with E-state index in [0.29, 0.717) is 50.3 Å². The minimum Gasteiger partial charge on any atom is -0.390 e. The molecule has 0 aromatic heterocycles. The Morgan fingerprint density at radius 2 is 1.59 bits per heavy atom. The van der Waals surface area contributed by atoms with Crippen molar-refractivity contribution in [3.05, 3.63) is 29.8 Å². The van der Waals surface area contributed by atoms with Gasteiger partial charge < -0.3 is 15.1 Å². The molecule has 2 saturated carbocycles. The number of carbonyl (C=O) groups is 1. The van der Waals surface area contributed by atoms with Crippen LogP contribution in [0.5, 0.6) is 0 Å². The SMILES string of the molecule is O=C1N(c2ccc([C@@H](O)C(F)(F)F)cc2)CCC12CCC(O)(C1CCCC1)CC2. The first kappa shape index (κ1) is 20.7. The molecule has 1 aromatic carbocycles. The number of hydrogen-bond acceptors (Lipinski definition) is 3. The van der Waals surface area contributed by atoms with Gasteiger partial charge in [0.1, 0.15) is 0 Å². The molecule has 1 aliphatic heterocycles. The van der Waals surface area contributed by atoms with Crippen LogP contribution < -0.4 is 4.90 Å². The van der Waals surface area contributed by atoms with Gasteiger partial charge in [0, 0.05) is 12.2 Å². The van der Waals surface area contributed by atoms with Gasteiger partial charge in [-0.1, -0.05) is 25.0 Å². The number of alkyl halides is 3. The predicted octanol–water partition coefficient (Wildman–Crippen LogP) is 4.50. The zero-order valence-electron chi connectivity index (χ0n) is 16.4. The van der Waals surface area contributed by atoms with E-state index in [2.05, 4.69) is 0 Å². The number of carbonyl (C=O) groups excluding carboxylic acids is 1. The van der Waals surface area contributed by atoms with Gasteiger partial charge in [-0.05, 0) is 68.6 Å². The third-order valence-corrected chi connectivity index (χ3v) is 7.53. The van der Waals surface area contributed by atoms with Crippen LogP contribution in [0, 0.1) is 11.3 Å². The first-order valence-corrected chi connectivity index (χ1v) is 10.5. The minimum atomic E-state index is -4.72. The molecule has 2 aliphatic carbocycles. The highest BCUT2D eigenvalue weighted by molar-refractivity contribution is 6.00. The quantitative estimate of drug-likeness (QED) is 0.770. The molecule has 1 amide bonds. The van der Waals surface area contributed by atoms with Crippen LogP contribution in [-0.4, -0.2) is 34.4 Å². The summed E-state index contributed by atoms with van der Waals surface area (Å²) in [6.07, 6.45) is 0.575. The molecular formula is C22H28F3NO3. The van der Waals surface area contributed by atoms with E-state index in [1.54, 1.807) is 4.90 Å². The van der Waals surface area contributed by atoms with Gasteiger partial charge in [0.25, 0.3) is 0 Å². The van der Waals surface area contributed by atoms with Crippen molar-refractivity contribution < 1.29 is 28.2 Å². The molecule has 0 radical (unpaired) electrons. The predicted molar refractivity (Wildman–Crippen MR) is 102 cm³/mol. The second kappa shape index (κ2) is 7.27. The first-order chi connectivity index (χ1) is 13.6. The van der Waals surface area contributed by atoms with Gasteiger partial charge in [0.2, 0.25) is 5.91 Å².